The van der Waals surface area contributed by atoms with Gasteiger partial charge in [0.05, 0.1) is 11.1 Å². The highest BCUT2D eigenvalue weighted by Crippen LogP contribution is 2.36. The first-order chi connectivity index (χ1) is 9.63. The molecule has 0 bridgehead atoms. The van der Waals surface area contributed by atoms with Crippen molar-refractivity contribution < 1.29 is 5.11 Å². The van der Waals surface area contributed by atoms with Gasteiger partial charge >= 0.3 is 0 Å². The van der Waals surface area contributed by atoms with Crippen LogP contribution < -0.4 is 0 Å². The highest BCUT2D eigenvalue weighted by Gasteiger charge is 2.11. The molecule has 1 heterocycles. The van der Waals surface area contributed by atoms with Crippen molar-refractivity contribution in [3.05, 3.63) is 58.6 Å². The van der Waals surface area contributed by atoms with Gasteiger partial charge in [-0.1, -0.05) is 52.0 Å². The van der Waals surface area contributed by atoms with Gasteiger partial charge < -0.3 is 10.1 Å². The molecule has 0 aliphatic heterocycles. The lowest BCUT2D eigenvalue weighted by molar-refractivity contribution is 0.196. The largest absolute Gasteiger partial charge is 0.389 e. The molecule has 3 aromatic rings. The van der Waals surface area contributed by atoms with Gasteiger partial charge in [0.2, 0.25) is 0 Å². The fourth-order valence-electron chi connectivity index (χ4n) is 2.16. The molecule has 2 N–H and O–H groups in total. The molecule has 1 aromatic heterocycles. The minimum atomic E-state index is -0.477. The molecule has 0 spiro atoms. The zero-order valence-electron chi connectivity index (χ0n) is 10.9. The van der Waals surface area contributed by atoms with E-state index in [4.69, 9.17) is 0 Å². The third-order valence-corrected chi connectivity index (χ3v) is 4.66. The van der Waals surface area contributed by atoms with Crippen molar-refractivity contribution in [3.8, 4) is 0 Å². The Kier molecular flexibility index (Phi) is 3.87. The van der Waals surface area contributed by atoms with Gasteiger partial charge in [0.15, 0.2) is 0 Å². The van der Waals surface area contributed by atoms with Crippen molar-refractivity contribution in [3.63, 3.8) is 0 Å². The number of hydrogen-bond donors (Lipinski definition) is 2. The van der Waals surface area contributed by atoms with Crippen molar-refractivity contribution >= 4 is 38.6 Å². The maximum atomic E-state index is 9.87. The zero-order valence-corrected chi connectivity index (χ0v) is 13.3. The molecule has 102 valence electrons. The lowest BCUT2D eigenvalue weighted by Gasteiger charge is -2.11. The summed E-state index contributed by atoms with van der Waals surface area (Å²) in [5.74, 6) is 0. The van der Waals surface area contributed by atoms with E-state index >= 15 is 0 Å². The van der Waals surface area contributed by atoms with Crippen molar-refractivity contribution in [2.24, 2.45) is 0 Å². The van der Waals surface area contributed by atoms with E-state index in [1.807, 2.05) is 30.3 Å². The molecular weight excluding hydrogens is 334 g/mol. The lowest BCUT2D eigenvalue weighted by Crippen LogP contribution is -1.93. The van der Waals surface area contributed by atoms with Gasteiger partial charge in [0, 0.05) is 20.3 Å². The molecule has 0 aliphatic rings. The Balaban J connectivity index is 1.99. The van der Waals surface area contributed by atoms with Crippen LogP contribution in [0.25, 0.3) is 10.9 Å². The molecule has 4 heteroatoms. The van der Waals surface area contributed by atoms with E-state index in [9.17, 15) is 5.11 Å². The first-order valence-corrected chi connectivity index (χ1v) is 7.97. The third-order valence-electron chi connectivity index (χ3n) is 3.15. The van der Waals surface area contributed by atoms with Gasteiger partial charge in [0.25, 0.3) is 0 Å². The summed E-state index contributed by atoms with van der Waals surface area (Å²) in [7, 11) is 0. The van der Waals surface area contributed by atoms with Crippen molar-refractivity contribution in [2.45, 2.75) is 22.9 Å². The average molecular weight is 348 g/mol. The van der Waals surface area contributed by atoms with Gasteiger partial charge in [-0.05, 0) is 36.8 Å². The number of aromatic nitrogens is 1. The number of benzene rings is 2. The quantitative estimate of drug-likeness (QED) is 0.688. The molecule has 0 radical (unpaired) electrons. The number of aromatic amines is 1. The Morgan fingerprint density at radius 2 is 1.95 bits per heavy atom. The predicted octanol–water partition coefficient (Wildman–Crippen LogP) is 5.13. The summed E-state index contributed by atoms with van der Waals surface area (Å²) >= 11 is 5.13. The highest BCUT2D eigenvalue weighted by molar-refractivity contribution is 9.10. The van der Waals surface area contributed by atoms with Crippen molar-refractivity contribution in [2.75, 3.05) is 0 Å². The SMILES string of the molecule is CC(O)c1ccc(Br)cc1Sc1cc2ccccc2[nH]1. The summed E-state index contributed by atoms with van der Waals surface area (Å²) in [6.07, 6.45) is -0.477. The fourth-order valence-corrected chi connectivity index (χ4v) is 3.80. The minimum Gasteiger partial charge on any atom is -0.389 e. The van der Waals surface area contributed by atoms with Gasteiger partial charge in [-0.15, -0.1) is 0 Å². The van der Waals surface area contributed by atoms with Crippen LogP contribution in [0.5, 0.6) is 0 Å². The zero-order chi connectivity index (χ0) is 14.1. The number of aliphatic hydroxyl groups excluding tert-OH is 1. The number of H-pyrrole nitrogens is 1. The smallest absolute Gasteiger partial charge is 0.0781 e. The highest BCUT2D eigenvalue weighted by atomic mass is 79.9. The Morgan fingerprint density at radius 3 is 2.70 bits per heavy atom. The van der Waals surface area contributed by atoms with E-state index in [0.717, 1.165) is 25.5 Å². The number of fused-ring (bicyclic) bond motifs is 1. The van der Waals surface area contributed by atoms with Crippen LogP contribution in [0.4, 0.5) is 0 Å². The van der Waals surface area contributed by atoms with E-state index in [-0.39, 0.29) is 0 Å². The Morgan fingerprint density at radius 1 is 1.15 bits per heavy atom. The van der Waals surface area contributed by atoms with Crippen LogP contribution in [0.1, 0.15) is 18.6 Å². The maximum absolute atomic E-state index is 9.87. The molecule has 1 atom stereocenters. The molecular formula is C16H14BrNOS. The van der Waals surface area contributed by atoms with Crippen LogP contribution in [-0.4, -0.2) is 10.1 Å². The van der Waals surface area contributed by atoms with E-state index < -0.39 is 6.10 Å². The van der Waals surface area contributed by atoms with Gasteiger partial charge in [0.1, 0.15) is 0 Å². The summed E-state index contributed by atoms with van der Waals surface area (Å²) in [5, 5.41) is 12.1. The number of halogens is 1. The predicted molar refractivity (Wildman–Crippen MR) is 87.2 cm³/mol. The normalized spacial score (nSPS) is 12.8. The molecule has 0 amide bonds. The summed E-state index contributed by atoms with van der Waals surface area (Å²) in [6.45, 7) is 1.79. The minimum absolute atomic E-state index is 0.477. The van der Waals surface area contributed by atoms with Crippen LogP contribution in [0.3, 0.4) is 0 Å². The van der Waals surface area contributed by atoms with Gasteiger partial charge in [-0.2, -0.15) is 0 Å². The second kappa shape index (κ2) is 5.64. The Labute approximate surface area is 130 Å². The summed E-state index contributed by atoms with van der Waals surface area (Å²) in [5.41, 5.74) is 2.07. The number of rotatable bonds is 3. The topological polar surface area (TPSA) is 36.0 Å². The van der Waals surface area contributed by atoms with Crippen LogP contribution in [0.15, 0.2) is 62.9 Å². The standard InChI is InChI=1S/C16H14BrNOS/c1-10(19)13-7-6-12(17)9-15(13)20-16-8-11-4-2-3-5-14(11)18-16/h2-10,18-19H,1H3. The van der Waals surface area contributed by atoms with E-state index in [1.54, 1.807) is 18.7 Å². The Bertz CT molecular complexity index is 718. The molecule has 2 nitrogen and oxygen atoms in total. The maximum Gasteiger partial charge on any atom is 0.0781 e. The number of para-hydroxylation sites is 1. The first-order valence-electron chi connectivity index (χ1n) is 6.36. The summed E-state index contributed by atoms with van der Waals surface area (Å²) in [4.78, 5) is 4.45. The molecule has 3 rings (SSSR count). The van der Waals surface area contributed by atoms with Crippen LogP contribution >= 0.6 is 27.7 Å². The molecule has 1 unspecified atom stereocenters. The van der Waals surface area contributed by atoms with Crippen LogP contribution in [-0.2, 0) is 0 Å². The fraction of sp³-hybridized carbons (Fsp3) is 0.125. The molecule has 20 heavy (non-hydrogen) atoms. The molecule has 0 saturated carbocycles. The molecule has 0 fully saturated rings. The van der Waals surface area contributed by atoms with Crippen LogP contribution in [0, 0.1) is 0 Å². The number of nitrogens with one attached hydrogen (secondary N) is 1. The summed E-state index contributed by atoms with van der Waals surface area (Å²) in [6, 6.07) is 16.3. The average Bonchev–Trinajstić information content (AvgIpc) is 2.80. The van der Waals surface area contributed by atoms with E-state index in [0.29, 0.717) is 0 Å². The number of hydrogen-bond acceptors (Lipinski definition) is 2. The lowest BCUT2D eigenvalue weighted by atomic mass is 10.1. The molecule has 0 saturated heterocycles. The van der Waals surface area contributed by atoms with Crippen molar-refractivity contribution in [1.82, 2.24) is 4.98 Å². The van der Waals surface area contributed by atoms with Gasteiger partial charge in [-0.3, -0.25) is 0 Å². The van der Waals surface area contributed by atoms with E-state index in [1.165, 1.54) is 5.39 Å². The third kappa shape index (κ3) is 2.77. The molecule has 0 aliphatic carbocycles. The molecule has 2 aromatic carbocycles. The second-order valence-electron chi connectivity index (χ2n) is 4.68. The van der Waals surface area contributed by atoms with E-state index in [2.05, 4.69) is 39.1 Å². The summed E-state index contributed by atoms with van der Waals surface area (Å²) < 4.78 is 1.01. The Hall–Kier alpha value is -1.23. The van der Waals surface area contributed by atoms with Crippen molar-refractivity contribution in [1.29, 1.82) is 0 Å². The second-order valence-corrected chi connectivity index (χ2v) is 6.68. The van der Waals surface area contributed by atoms with Crippen LogP contribution in [0.2, 0.25) is 0 Å². The van der Waals surface area contributed by atoms with Gasteiger partial charge in [-0.25, -0.2) is 0 Å². The first kappa shape index (κ1) is 13.7. The number of aliphatic hydroxyl groups is 1. The monoisotopic (exact) mass is 347 g/mol.